The lowest BCUT2D eigenvalue weighted by Gasteiger charge is -2.16. The SMILES string of the molecule is O=C(NC(CO)Cc1c[nH]c2ccccc12)c1cccc(I)c1. The van der Waals surface area contributed by atoms with Crippen LogP contribution in [0.3, 0.4) is 0 Å². The summed E-state index contributed by atoms with van der Waals surface area (Å²) in [5.74, 6) is -0.164. The van der Waals surface area contributed by atoms with Crippen LogP contribution >= 0.6 is 22.6 Å². The second-order valence-electron chi connectivity index (χ2n) is 5.43. The maximum Gasteiger partial charge on any atom is 0.251 e. The fourth-order valence-corrected chi connectivity index (χ4v) is 3.17. The van der Waals surface area contributed by atoms with Gasteiger partial charge in [0.2, 0.25) is 0 Å². The highest BCUT2D eigenvalue weighted by Crippen LogP contribution is 2.19. The van der Waals surface area contributed by atoms with E-state index >= 15 is 0 Å². The van der Waals surface area contributed by atoms with Gasteiger partial charge in [0, 0.05) is 26.2 Å². The number of H-pyrrole nitrogens is 1. The van der Waals surface area contributed by atoms with E-state index in [2.05, 4.69) is 32.9 Å². The lowest BCUT2D eigenvalue weighted by atomic mass is 10.0. The zero-order chi connectivity index (χ0) is 16.2. The standard InChI is InChI=1S/C18H17IN2O2/c19-14-5-3-4-12(8-14)18(23)21-15(11-22)9-13-10-20-17-7-2-1-6-16(13)17/h1-8,10,15,20,22H,9,11H2,(H,21,23). The molecule has 1 aromatic heterocycles. The van der Waals surface area contributed by atoms with Crippen LogP contribution in [0.1, 0.15) is 15.9 Å². The van der Waals surface area contributed by atoms with Crippen molar-refractivity contribution in [2.75, 3.05) is 6.61 Å². The van der Waals surface area contributed by atoms with Gasteiger partial charge in [-0.2, -0.15) is 0 Å². The Labute approximate surface area is 148 Å². The van der Waals surface area contributed by atoms with E-state index in [1.54, 1.807) is 6.07 Å². The first kappa shape index (κ1) is 16.0. The molecule has 5 heteroatoms. The van der Waals surface area contributed by atoms with Crippen molar-refractivity contribution in [1.82, 2.24) is 10.3 Å². The molecule has 0 radical (unpaired) electrons. The lowest BCUT2D eigenvalue weighted by Crippen LogP contribution is -2.39. The molecular formula is C18H17IN2O2. The van der Waals surface area contributed by atoms with Crippen molar-refractivity contribution in [1.29, 1.82) is 0 Å². The summed E-state index contributed by atoms with van der Waals surface area (Å²) in [5.41, 5.74) is 2.75. The molecule has 118 valence electrons. The predicted molar refractivity (Wildman–Crippen MR) is 99.5 cm³/mol. The minimum absolute atomic E-state index is 0.102. The van der Waals surface area contributed by atoms with Crippen molar-refractivity contribution in [2.24, 2.45) is 0 Å². The molecule has 3 rings (SSSR count). The summed E-state index contributed by atoms with van der Waals surface area (Å²) in [5, 5.41) is 13.6. The van der Waals surface area contributed by atoms with Gasteiger partial charge in [-0.15, -0.1) is 0 Å². The largest absolute Gasteiger partial charge is 0.394 e. The Morgan fingerprint density at radius 2 is 2.04 bits per heavy atom. The van der Waals surface area contributed by atoms with Crippen molar-refractivity contribution in [3.8, 4) is 0 Å². The van der Waals surface area contributed by atoms with Gasteiger partial charge < -0.3 is 15.4 Å². The predicted octanol–water partition coefficient (Wildman–Crippen LogP) is 3.11. The van der Waals surface area contributed by atoms with Crippen molar-refractivity contribution >= 4 is 39.4 Å². The number of aliphatic hydroxyl groups is 1. The summed E-state index contributed by atoms with van der Waals surface area (Å²) in [6.45, 7) is -0.102. The van der Waals surface area contributed by atoms with Crippen molar-refractivity contribution in [3.63, 3.8) is 0 Å². The number of para-hydroxylation sites is 1. The van der Waals surface area contributed by atoms with E-state index in [0.29, 0.717) is 12.0 Å². The second-order valence-corrected chi connectivity index (χ2v) is 6.67. The number of benzene rings is 2. The molecule has 1 atom stereocenters. The number of aromatic amines is 1. The Morgan fingerprint density at radius 3 is 2.83 bits per heavy atom. The maximum atomic E-state index is 12.3. The molecule has 1 unspecified atom stereocenters. The molecule has 1 amide bonds. The fourth-order valence-electron chi connectivity index (χ4n) is 2.63. The van der Waals surface area contributed by atoms with Crippen LogP contribution in [-0.2, 0) is 6.42 Å². The van der Waals surface area contributed by atoms with Crippen LogP contribution in [0.25, 0.3) is 10.9 Å². The summed E-state index contributed by atoms with van der Waals surface area (Å²) in [6.07, 6.45) is 2.51. The molecule has 2 aromatic carbocycles. The Morgan fingerprint density at radius 1 is 1.22 bits per heavy atom. The monoisotopic (exact) mass is 420 g/mol. The number of amides is 1. The van der Waals surface area contributed by atoms with Gasteiger partial charge >= 0.3 is 0 Å². The summed E-state index contributed by atoms with van der Waals surface area (Å²) >= 11 is 2.18. The van der Waals surface area contributed by atoms with Gasteiger partial charge in [0.15, 0.2) is 0 Å². The molecule has 0 aliphatic heterocycles. The molecule has 0 aliphatic carbocycles. The Balaban J connectivity index is 1.74. The minimum atomic E-state index is -0.320. The van der Waals surface area contributed by atoms with E-state index < -0.39 is 0 Å². The number of rotatable bonds is 5. The average Bonchev–Trinajstić information content (AvgIpc) is 2.97. The number of aliphatic hydroxyl groups excluding tert-OH is 1. The molecule has 3 N–H and O–H groups in total. The van der Waals surface area contributed by atoms with Gasteiger partial charge in [0.05, 0.1) is 12.6 Å². The van der Waals surface area contributed by atoms with E-state index in [1.165, 1.54) is 0 Å². The highest BCUT2D eigenvalue weighted by molar-refractivity contribution is 14.1. The molecule has 4 nitrogen and oxygen atoms in total. The molecule has 0 spiro atoms. The summed E-state index contributed by atoms with van der Waals surface area (Å²) in [4.78, 5) is 15.5. The summed E-state index contributed by atoms with van der Waals surface area (Å²) in [7, 11) is 0. The Bertz CT molecular complexity index is 829. The van der Waals surface area contributed by atoms with Crippen LogP contribution in [0.4, 0.5) is 0 Å². The summed E-state index contributed by atoms with van der Waals surface area (Å²) in [6, 6.07) is 15.1. The number of aromatic nitrogens is 1. The fraction of sp³-hybridized carbons (Fsp3) is 0.167. The number of carbonyl (C=O) groups excluding carboxylic acids is 1. The van der Waals surface area contributed by atoms with Crippen molar-refractivity contribution < 1.29 is 9.90 Å². The highest BCUT2D eigenvalue weighted by atomic mass is 127. The molecule has 23 heavy (non-hydrogen) atoms. The van der Waals surface area contributed by atoms with E-state index in [9.17, 15) is 9.90 Å². The minimum Gasteiger partial charge on any atom is -0.394 e. The van der Waals surface area contributed by atoms with E-state index in [-0.39, 0.29) is 18.6 Å². The van der Waals surface area contributed by atoms with Gasteiger partial charge in [-0.05, 0) is 58.8 Å². The van der Waals surface area contributed by atoms with Crippen LogP contribution < -0.4 is 5.32 Å². The average molecular weight is 420 g/mol. The lowest BCUT2D eigenvalue weighted by molar-refractivity contribution is 0.0916. The maximum absolute atomic E-state index is 12.3. The number of halogens is 1. The van der Waals surface area contributed by atoms with E-state index in [0.717, 1.165) is 20.0 Å². The quantitative estimate of drug-likeness (QED) is 0.556. The smallest absolute Gasteiger partial charge is 0.251 e. The highest BCUT2D eigenvalue weighted by Gasteiger charge is 2.15. The molecule has 0 bridgehead atoms. The Kier molecular flexibility index (Phi) is 4.97. The van der Waals surface area contributed by atoms with E-state index in [1.807, 2.05) is 48.7 Å². The molecule has 1 heterocycles. The Hall–Kier alpha value is -1.86. The first-order valence-corrected chi connectivity index (χ1v) is 8.47. The van der Waals surface area contributed by atoms with Crippen LogP contribution in [-0.4, -0.2) is 28.6 Å². The molecule has 0 aliphatic rings. The van der Waals surface area contributed by atoms with Gasteiger partial charge in [-0.1, -0.05) is 24.3 Å². The van der Waals surface area contributed by atoms with Gasteiger partial charge in [-0.3, -0.25) is 4.79 Å². The number of fused-ring (bicyclic) bond motifs is 1. The van der Waals surface area contributed by atoms with Crippen LogP contribution in [0, 0.1) is 3.57 Å². The van der Waals surface area contributed by atoms with Gasteiger partial charge in [0.1, 0.15) is 0 Å². The van der Waals surface area contributed by atoms with Crippen molar-refractivity contribution in [3.05, 3.63) is 69.4 Å². The molecule has 3 aromatic rings. The van der Waals surface area contributed by atoms with Crippen LogP contribution in [0.5, 0.6) is 0 Å². The van der Waals surface area contributed by atoms with Gasteiger partial charge in [0.25, 0.3) is 5.91 Å². The molecule has 0 saturated heterocycles. The molecule has 0 fully saturated rings. The zero-order valence-electron chi connectivity index (χ0n) is 12.4. The van der Waals surface area contributed by atoms with Crippen molar-refractivity contribution in [2.45, 2.75) is 12.5 Å². The first-order valence-electron chi connectivity index (χ1n) is 7.39. The molecular weight excluding hydrogens is 403 g/mol. The normalized spacial score (nSPS) is 12.3. The number of hydrogen-bond donors (Lipinski definition) is 3. The first-order chi connectivity index (χ1) is 11.2. The zero-order valence-corrected chi connectivity index (χ0v) is 14.6. The topological polar surface area (TPSA) is 65.1 Å². The van der Waals surface area contributed by atoms with Crippen LogP contribution in [0.2, 0.25) is 0 Å². The summed E-state index contributed by atoms with van der Waals surface area (Å²) < 4.78 is 1.01. The number of nitrogens with one attached hydrogen (secondary N) is 2. The third kappa shape index (κ3) is 3.73. The second kappa shape index (κ2) is 7.14. The third-order valence-corrected chi connectivity index (χ3v) is 4.45. The van der Waals surface area contributed by atoms with E-state index in [4.69, 9.17) is 0 Å². The third-order valence-electron chi connectivity index (χ3n) is 3.78. The van der Waals surface area contributed by atoms with Crippen LogP contribution in [0.15, 0.2) is 54.7 Å². The van der Waals surface area contributed by atoms with Gasteiger partial charge in [-0.25, -0.2) is 0 Å². The number of hydrogen-bond acceptors (Lipinski definition) is 2. The molecule has 0 saturated carbocycles. The number of carbonyl (C=O) groups is 1.